The molecule has 18 heavy (non-hydrogen) atoms. The number of rotatable bonds is 2. The molecule has 0 saturated carbocycles. The first kappa shape index (κ1) is 12.7. The Morgan fingerprint density at radius 1 is 1.44 bits per heavy atom. The van der Waals surface area contributed by atoms with Crippen molar-refractivity contribution in [3.8, 4) is 5.69 Å². The lowest BCUT2D eigenvalue weighted by Crippen LogP contribution is -2.04. The van der Waals surface area contributed by atoms with Crippen LogP contribution in [0.25, 0.3) is 5.69 Å². The van der Waals surface area contributed by atoms with Crippen LogP contribution in [0.15, 0.2) is 22.8 Å². The number of hydrogen-bond acceptors (Lipinski definition) is 2. The largest absolute Gasteiger partial charge is 0.476 e. The van der Waals surface area contributed by atoms with E-state index in [9.17, 15) is 13.6 Å². The van der Waals surface area contributed by atoms with Crippen molar-refractivity contribution >= 4 is 21.9 Å². The van der Waals surface area contributed by atoms with Gasteiger partial charge < -0.3 is 5.11 Å². The van der Waals surface area contributed by atoms with E-state index in [-0.39, 0.29) is 15.9 Å². The quantitative estimate of drug-likeness (QED) is 0.926. The van der Waals surface area contributed by atoms with Crippen LogP contribution in [0.2, 0.25) is 0 Å². The summed E-state index contributed by atoms with van der Waals surface area (Å²) in [5.41, 5.74) is 0.177. The molecule has 2 aromatic rings. The van der Waals surface area contributed by atoms with Gasteiger partial charge in [0.25, 0.3) is 0 Å². The predicted octanol–water partition coefficient (Wildman–Crippen LogP) is 2.92. The molecule has 0 saturated heterocycles. The second-order valence-electron chi connectivity index (χ2n) is 3.63. The number of nitrogens with zero attached hydrogens (tertiary/aromatic N) is 2. The van der Waals surface area contributed by atoms with E-state index in [1.807, 2.05) is 0 Å². The Bertz CT molecular complexity index is 617. The van der Waals surface area contributed by atoms with Gasteiger partial charge in [-0.25, -0.2) is 18.3 Å². The van der Waals surface area contributed by atoms with Crippen molar-refractivity contribution in [2.75, 3.05) is 0 Å². The van der Waals surface area contributed by atoms with E-state index in [0.717, 1.165) is 10.7 Å². The minimum Gasteiger partial charge on any atom is -0.476 e. The molecule has 0 aliphatic carbocycles. The molecule has 7 heteroatoms. The van der Waals surface area contributed by atoms with Crippen LogP contribution in [0, 0.1) is 18.6 Å². The molecule has 0 radical (unpaired) electrons. The predicted molar refractivity (Wildman–Crippen MR) is 62.9 cm³/mol. The Labute approximate surface area is 109 Å². The van der Waals surface area contributed by atoms with Crippen LogP contribution in [0.3, 0.4) is 0 Å². The Hall–Kier alpha value is -1.76. The summed E-state index contributed by atoms with van der Waals surface area (Å²) in [6.07, 6.45) is 1.37. The zero-order valence-electron chi connectivity index (χ0n) is 9.12. The van der Waals surface area contributed by atoms with E-state index in [1.54, 1.807) is 6.92 Å². The molecule has 1 aromatic heterocycles. The molecule has 0 aliphatic heterocycles. The number of aromatic carboxylic acids is 1. The van der Waals surface area contributed by atoms with E-state index in [4.69, 9.17) is 5.11 Å². The molecule has 0 bridgehead atoms. The Balaban J connectivity index is 2.63. The van der Waals surface area contributed by atoms with E-state index in [1.165, 1.54) is 6.20 Å². The van der Waals surface area contributed by atoms with Crippen molar-refractivity contribution in [1.29, 1.82) is 0 Å². The van der Waals surface area contributed by atoms with Crippen LogP contribution in [0.4, 0.5) is 8.78 Å². The molecule has 1 heterocycles. The van der Waals surface area contributed by atoms with Gasteiger partial charge in [0, 0.05) is 22.3 Å². The van der Waals surface area contributed by atoms with E-state index >= 15 is 0 Å². The molecule has 0 aliphatic rings. The highest BCUT2D eigenvalue weighted by Gasteiger charge is 2.17. The van der Waals surface area contributed by atoms with Gasteiger partial charge in [-0.05, 0) is 28.9 Å². The number of halogens is 3. The summed E-state index contributed by atoms with van der Waals surface area (Å²) in [4.78, 5) is 10.8. The second-order valence-corrected chi connectivity index (χ2v) is 4.48. The first-order valence-electron chi connectivity index (χ1n) is 4.84. The number of aromatic nitrogens is 2. The monoisotopic (exact) mass is 316 g/mol. The fraction of sp³-hybridized carbons (Fsp3) is 0.0909. The summed E-state index contributed by atoms with van der Waals surface area (Å²) in [5.74, 6) is -2.77. The molecular weight excluding hydrogens is 310 g/mol. The van der Waals surface area contributed by atoms with Crippen LogP contribution in [0.5, 0.6) is 0 Å². The highest BCUT2D eigenvalue weighted by atomic mass is 79.9. The van der Waals surface area contributed by atoms with Crippen LogP contribution in [-0.4, -0.2) is 20.9 Å². The van der Waals surface area contributed by atoms with Crippen LogP contribution < -0.4 is 0 Å². The molecule has 1 N–H and O–H groups in total. The zero-order chi connectivity index (χ0) is 13.4. The molecule has 94 valence electrons. The lowest BCUT2D eigenvalue weighted by Gasteiger charge is -2.06. The Kier molecular flexibility index (Phi) is 3.16. The van der Waals surface area contributed by atoms with Gasteiger partial charge in [0.1, 0.15) is 11.5 Å². The number of hydrogen-bond donors (Lipinski definition) is 1. The molecule has 0 unspecified atom stereocenters. The van der Waals surface area contributed by atoms with Crippen LogP contribution >= 0.6 is 15.9 Å². The maximum Gasteiger partial charge on any atom is 0.356 e. The Morgan fingerprint density at radius 3 is 2.61 bits per heavy atom. The summed E-state index contributed by atoms with van der Waals surface area (Å²) in [6.45, 7) is 1.54. The fourth-order valence-corrected chi connectivity index (χ4v) is 2.13. The molecule has 1 aromatic carbocycles. The second kappa shape index (κ2) is 4.49. The summed E-state index contributed by atoms with van der Waals surface area (Å²) < 4.78 is 27.8. The summed E-state index contributed by atoms with van der Waals surface area (Å²) in [7, 11) is 0. The van der Waals surface area contributed by atoms with Gasteiger partial charge in [0.2, 0.25) is 0 Å². The van der Waals surface area contributed by atoms with Gasteiger partial charge >= 0.3 is 5.97 Å². The molecule has 0 amide bonds. The summed E-state index contributed by atoms with van der Waals surface area (Å²) in [5, 5.41) is 12.6. The Morgan fingerprint density at radius 2 is 2.11 bits per heavy atom. The smallest absolute Gasteiger partial charge is 0.356 e. The van der Waals surface area contributed by atoms with E-state index in [0.29, 0.717) is 11.6 Å². The lowest BCUT2D eigenvalue weighted by molar-refractivity contribution is 0.0689. The number of carbonyl (C=O) groups is 1. The SMILES string of the molecule is Cc1cn(-c2c(F)cc(F)cc2Br)nc1C(=O)O. The third-order valence-electron chi connectivity index (χ3n) is 2.31. The van der Waals surface area contributed by atoms with Gasteiger partial charge in [-0.1, -0.05) is 0 Å². The highest BCUT2D eigenvalue weighted by molar-refractivity contribution is 9.10. The van der Waals surface area contributed by atoms with Gasteiger partial charge in [0.05, 0.1) is 0 Å². The number of benzene rings is 1. The molecular formula is C11H7BrF2N2O2. The van der Waals surface area contributed by atoms with Crippen molar-refractivity contribution in [1.82, 2.24) is 9.78 Å². The standard InChI is InChI=1S/C11H7BrF2N2O2/c1-5-4-16(15-9(5)11(17)18)10-7(12)2-6(13)3-8(10)14/h2-4H,1H3,(H,17,18). The number of aryl methyl sites for hydroxylation is 1. The summed E-state index contributed by atoms with van der Waals surface area (Å²) >= 11 is 3.02. The van der Waals surface area contributed by atoms with Crippen LogP contribution in [-0.2, 0) is 0 Å². The van der Waals surface area contributed by atoms with Crippen molar-refractivity contribution < 1.29 is 18.7 Å². The fourth-order valence-electron chi connectivity index (χ4n) is 1.54. The molecule has 0 spiro atoms. The van der Waals surface area contributed by atoms with Gasteiger partial charge in [0.15, 0.2) is 11.5 Å². The first-order valence-corrected chi connectivity index (χ1v) is 5.64. The maximum absolute atomic E-state index is 13.7. The number of carboxylic acids is 1. The van der Waals surface area contributed by atoms with E-state index < -0.39 is 17.6 Å². The van der Waals surface area contributed by atoms with Gasteiger partial charge in [-0.15, -0.1) is 0 Å². The van der Waals surface area contributed by atoms with Gasteiger partial charge in [-0.3, -0.25) is 0 Å². The average Bonchev–Trinajstić information content (AvgIpc) is 2.58. The zero-order valence-corrected chi connectivity index (χ0v) is 10.7. The normalized spacial score (nSPS) is 10.7. The van der Waals surface area contributed by atoms with Crippen LogP contribution in [0.1, 0.15) is 16.1 Å². The summed E-state index contributed by atoms with van der Waals surface area (Å²) in [6, 6.07) is 1.79. The van der Waals surface area contributed by atoms with Crippen molar-refractivity contribution in [2.45, 2.75) is 6.92 Å². The minimum atomic E-state index is -1.20. The third kappa shape index (κ3) is 2.13. The lowest BCUT2D eigenvalue weighted by atomic mass is 10.3. The topological polar surface area (TPSA) is 55.1 Å². The molecule has 2 rings (SSSR count). The van der Waals surface area contributed by atoms with Crippen molar-refractivity contribution in [2.24, 2.45) is 0 Å². The van der Waals surface area contributed by atoms with E-state index in [2.05, 4.69) is 21.0 Å². The van der Waals surface area contributed by atoms with Crippen molar-refractivity contribution in [3.63, 3.8) is 0 Å². The highest BCUT2D eigenvalue weighted by Crippen LogP contribution is 2.25. The minimum absolute atomic E-state index is 0.0352. The van der Waals surface area contributed by atoms with Gasteiger partial charge in [-0.2, -0.15) is 5.10 Å². The first-order chi connectivity index (χ1) is 8.40. The molecule has 0 atom stereocenters. The van der Waals surface area contributed by atoms with Crippen molar-refractivity contribution in [3.05, 3.63) is 45.7 Å². The number of carboxylic acid groups (broad SMARTS) is 1. The maximum atomic E-state index is 13.7. The molecule has 4 nitrogen and oxygen atoms in total. The third-order valence-corrected chi connectivity index (χ3v) is 2.92. The average molecular weight is 317 g/mol. The molecule has 0 fully saturated rings.